The summed E-state index contributed by atoms with van der Waals surface area (Å²) >= 11 is 0. The first-order valence-corrected chi connectivity index (χ1v) is 9.97. The molecular formula is C23H21N3O6. The van der Waals surface area contributed by atoms with Crippen LogP contribution in [0.1, 0.15) is 34.1 Å². The Morgan fingerprint density at radius 1 is 0.938 bits per heavy atom. The Hall–Kier alpha value is -4.10. The summed E-state index contributed by atoms with van der Waals surface area (Å²) in [6, 6.07) is 15.5. The zero-order chi connectivity index (χ0) is 22.9. The van der Waals surface area contributed by atoms with Gasteiger partial charge in [0.1, 0.15) is 0 Å². The normalized spacial score (nSPS) is 19.7. The molecule has 0 aromatic heterocycles. The molecule has 0 spiro atoms. The van der Waals surface area contributed by atoms with Gasteiger partial charge in [0.25, 0.3) is 0 Å². The van der Waals surface area contributed by atoms with E-state index in [0.717, 1.165) is 0 Å². The van der Waals surface area contributed by atoms with E-state index in [9.17, 15) is 14.4 Å². The van der Waals surface area contributed by atoms with Crippen molar-refractivity contribution in [3.8, 4) is 0 Å². The highest BCUT2D eigenvalue weighted by Crippen LogP contribution is 2.29. The quantitative estimate of drug-likeness (QED) is 0.212. The summed E-state index contributed by atoms with van der Waals surface area (Å²) in [4.78, 5) is 40.5. The van der Waals surface area contributed by atoms with Gasteiger partial charge in [0, 0.05) is 10.5 Å². The largest absolute Gasteiger partial charge is 0.463 e. The van der Waals surface area contributed by atoms with Crippen LogP contribution in [0, 0.1) is 0 Å². The van der Waals surface area contributed by atoms with Gasteiger partial charge < -0.3 is 14.2 Å². The molecule has 2 aromatic rings. The first kappa shape index (κ1) is 22.6. The highest BCUT2D eigenvalue weighted by atomic mass is 16.6. The van der Waals surface area contributed by atoms with Crippen molar-refractivity contribution in [2.24, 2.45) is 5.11 Å². The third kappa shape index (κ3) is 5.53. The lowest BCUT2D eigenvalue weighted by atomic mass is 9.90. The van der Waals surface area contributed by atoms with Crippen molar-refractivity contribution in [1.29, 1.82) is 0 Å². The van der Waals surface area contributed by atoms with Gasteiger partial charge in [-0.25, -0.2) is 14.4 Å². The van der Waals surface area contributed by atoms with E-state index in [2.05, 4.69) is 10.0 Å². The predicted octanol–water partition coefficient (Wildman–Crippen LogP) is 4.01. The number of benzene rings is 2. The molecule has 9 heteroatoms. The zero-order valence-electron chi connectivity index (χ0n) is 17.3. The standard InChI is InChI=1S/C23H21N3O6/c1-2-30-21(27)17-13-18(25-26-24)20(32-23(29)16-11-7-4-8-12-16)19(14-17)31-22(28)15-9-5-3-6-10-15/h3-12,14,18-20H,2,13H2,1H3. The first-order valence-electron chi connectivity index (χ1n) is 9.97. The van der Waals surface area contributed by atoms with E-state index in [1.165, 1.54) is 6.08 Å². The molecule has 3 unspecified atom stereocenters. The molecule has 0 fully saturated rings. The van der Waals surface area contributed by atoms with E-state index in [-0.39, 0.29) is 29.7 Å². The van der Waals surface area contributed by atoms with Crippen molar-refractivity contribution in [3.05, 3.63) is 93.9 Å². The van der Waals surface area contributed by atoms with E-state index < -0.39 is 36.2 Å². The van der Waals surface area contributed by atoms with Gasteiger partial charge in [0.15, 0.2) is 12.2 Å². The SMILES string of the molecule is CCOC(=O)C1=CC(OC(=O)c2ccccc2)C(OC(=O)c2ccccc2)C(N=[N+]=[N-])C1. The van der Waals surface area contributed by atoms with Crippen molar-refractivity contribution in [2.45, 2.75) is 31.6 Å². The van der Waals surface area contributed by atoms with Crippen LogP contribution in [0.2, 0.25) is 0 Å². The second-order valence-electron chi connectivity index (χ2n) is 6.86. The molecular weight excluding hydrogens is 414 g/mol. The average Bonchev–Trinajstić information content (AvgIpc) is 2.82. The first-order chi connectivity index (χ1) is 15.5. The molecule has 0 radical (unpaired) electrons. The Morgan fingerprint density at radius 3 is 2.03 bits per heavy atom. The molecule has 9 nitrogen and oxygen atoms in total. The van der Waals surface area contributed by atoms with Gasteiger partial charge in [-0.1, -0.05) is 41.5 Å². The Balaban J connectivity index is 1.94. The Kier molecular flexibility index (Phi) is 7.61. The molecule has 1 aliphatic rings. The molecule has 3 rings (SSSR count). The Bertz CT molecular complexity index is 1050. The van der Waals surface area contributed by atoms with Crippen molar-refractivity contribution < 1.29 is 28.6 Å². The average molecular weight is 435 g/mol. The van der Waals surface area contributed by atoms with Crippen LogP contribution in [0.3, 0.4) is 0 Å². The molecule has 1 aliphatic carbocycles. The van der Waals surface area contributed by atoms with Gasteiger partial charge in [-0.05, 0) is 49.2 Å². The van der Waals surface area contributed by atoms with Gasteiger partial charge in [0.05, 0.1) is 23.8 Å². The van der Waals surface area contributed by atoms with E-state index in [1.807, 2.05) is 0 Å². The van der Waals surface area contributed by atoms with Gasteiger partial charge in [-0.3, -0.25) is 0 Å². The van der Waals surface area contributed by atoms with Crippen LogP contribution in [0.4, 0.5) is 0 Å². The number of azide groups is 1. The fourth-order valence-electron chi connectivity index (χ4n) is 3.25. The molecule has 0 saturated carbocycles. The van der Waals surface area contributed by atoms with Gasteiger partial charge in [0.2, 0.25) is 0 Å². The molecule has 164 valence electrons. The molecule has 2 aromatic carbocycles. The highest BCUT2D eigenvalue weighted by molar-refractivity contribution is 5.92. The minimum absolute atomic E-state index is 0.0327. The van der Waals surface area contributed by atoms with Crippen LogP contribution in [0.15, 0.2) is 77.4 Å². The van der Waals surface area contributed by atoms with Crippen LogP contribution < -0.4 is 0 Å². The summed E-state index contributed by atoms with van der Waals surface area (Å²) < 4.78 is 16.2. The van der Waals surface area contributed by atoms with E-state index in [1.54, 1.807) is 67.6 Å². The minimum Gasteiger partial charge on any atom is -0.463 e. The van der Waals surface area contributed by atoms with Crippen molar-refractivity contribution in [3.63, 3.8) is 0 Å². The fourth-order valence-corrected chi connectivity index (χ4v) is 3.25. The summed E-state index contributed by atoms with van der Waals surface area (Å²) in [5, 5.41) is 3.70. The molecule has 0 bridgehead atoms. The fraction of sp³-hybridized carbons (Fsp3) is 0.261. The predicted molar refractivity (Wildman–Crippen MR) is 114 cm³/mol. The number of nitrogens with zero attached hydrogens (tertiary/aromatic N) is 3. The number of carbonyl (C=O) groups excluding carboxylic acids is 3. The zero-order valence-corrected chi connectivity index (χ0v) is 17.3. The molecule has 0 amide bonds. The van der Waals surface area contributed by atoms with Gasteiger partial charge >= 0.3 is 17.9 Å². The van der Waals surface area contributed by atoms with Crippen LogP contribution in [0.5, 0.6) is 0 Å². The molecule has 3 atom stereocenters. The lowest BCUT2D eigenvalue weighted by Crippen LogP contribution is -2.45. The van der Waals surface area contributed by atoms with Gasteiger partial charge in [-0.15, -0.1) is 0 Å². The van der Waals surface area contributed by atoms with Crippen LogP contribution in [-0.2, 0) is 19.0 Å². The second-order valence-corrected chi connectivity index (χ2v) is 6.86. The van der Waals surface area contributed by atoms with Crippen LogP contribution >= 0.6 is 0 Å². The van der Waals surface area contributed by atoms with E-state index in [4.69, 9.17) is 19.7 Å². The van der Waals surface area contributed by atoms with E-state index >= 15 is 0 Å². The van der Waals surface area contributed by atoms with Crippen LogP contribution in [0.25, 0.3) is 10.4 Å². The summed E-state index contributed by atoms with van der Waals surface area (Å²) in [6.07, 6.45) is -0.955. The Labute approximate surface area is 184 Å². The maximum Gasteiger partial charge on any atom is 0.338 e. The number of rotatable bonds is 7. The van der Waals surface area contributed by atoms with Crippen molar-refractivity contribution in [1.82, 2.24) is 0 Å². The molecule has 0 N–H and O–H groups in total. The maximum absolute atomic E-state index is 12.7. The number of hydrogen-bond acceptors (Lipinski definition) is 7. The summed E-state index contributed by atoms with van der Waals surface area (Å²) in [7, 11) is 0. The maximum atomic E-state index is 12.7. The Morgan fingerprint density at radius 2 is 1.50 bits per heavy atom. The highest BCUT2D eigenvalue weighted by Gasteiger charge is 2.40. The second kappa shape index (κ2) is 10.8. The summed E-state index contributed by atoms with van der Waals surface area (Å²) in [5.41, 5.74) is 9.76. The molecule has 0 saturated heterocycles. The van der Waals surface area contributed by atoms with Crippen LogP contribution in [-0.4, -0.2) is 42.8 Å². The monoisotopic (exact) mass is 435 g/mol. The van der Waals surface area contributed by atoms with Crippen molar-refractivity contribution >= 4 is 17.9 Å². The number of hydrogen-bond donors (Lipinski definition) is 0. The summed E-state index contributed by atoms with van der Waals surface area (Å²) in [6.45, 7) is 1.80. The smallest absolute Gasteiger partial charge is 0.338 e. The van der Waals surface area contributed by atoms with E-state index in [0.29, 0.717) is 0 Å². The number of ether oxygens (including phenoxy) is 3. The lowest BCUT2D eigenvalue weighted by Gasteiger charge is -2.33. The minimum atomic E-state index is -1.17. The van der Waals surface area contributed by atoms with Gasteiger partial charge in [-0.2, -0.15) is 0 Å². The third-order valence-electron chi connectivity index (χ3n) is 4.74. The molecule has 0 heterocycles. The topological polar surface area (TPSA) is 128 Å². The molecule has 0 aliphatic heterocycles. The number of carbonyl (C=O) groups is 3. The van der Waals surface area contributed by atoms with Crippen molar-refractivity contribution in [2.75, 3.05) is 6.61 Å². The number of esters is 3. The summed E-state index contributed by atoms with van der Waals surface area (Å²) in [5.74, 6) is -1.99. The molecule has 32 heavy (non-hydrogen) atoms. The lowest BCUT2D eigenvalue weighted by molar-refractivity contribution is -0.139. The third-order valence-corrected chi connectivity index (χ3v) is 4.74.